The van der Waals surface area contributed by atoms with E-state index in [4.69, 9.17) is 11.1 Å². The Morgan fingerprint density at radius 1 is 1.20 bits per heavy atom. The number of nitrogens with two attached hydrogens (primary N) is 1. The van der Waals surface area contributed by atoms with Crippen molar-refractivity contribution in [3.8, 4) is 0 Å². The molecule has 0 unspecified atom stereocenters. The molecule has 0 atom stereocenters. The van der Waals surface area contributed by atoms with E-state index in [1.54, 1.807) is 0 Å². The molecule has 0 aliphatic carbocycles. The van der Waals surface area contributed by atoms with Gasteiger partial charge in [0, 0.05) is 11.1 Å². The first-order valence-corrected chi connectivity index (χ1v) is 8.47. The van der Waals surface area contributed by atoms with Crippen LogP contribution in [0.3, 0.4) is 0 Å². The monoisotopic (exact) mass is 217 g/mol. The molecule has 0 spiro atoms. The van der Waals surface area contributed by atoms with Gasteiger partial charge >= 0.3 is 0 Å². The third-order valence-electron chi connectivity index (χ3n) is 2.65. The molecule has 0 aromatic heterocycles. The zero-order valence-electron chi connectivity index (χ0n) is 9.26. The van der Waals surface area contributed by atoms with Crippen molar-refractivity contribution in [3.05, 3.63) is 29.3 Å². The van der Waals surface area contributed by atoms with E-state index in [0.29, 0.717) is 11.7 Å². The Bertz CT molecular complexity index is 469. The first kappa shape index (κ1) is 10.1. The van der Waals surface area contributed by atoms with Gasteiger partial charge in [-0.05, 0) is 0 Å². The van der Waals surface area contributed by atoms with Gasteiger partial charge in [-0.2, -0.15) is 0 Å². The Morgan fingerprint density at radius 2 is 1.87 bits per heavy atom. The number of rotatable bonds is 1. The second kappa shape index (κ2) is 3.03. The van der Waals surface area contributed by atoms with E-state index in [1.807, 2.05) is 6.07 Å². The molecule has 0 saturated carbocycles. The van der Waals surface area contributed by atoms with Gasteiger partial charge in [-0.3, -0.25) is 5.41 Å². The highest BCUT2D eigenvalue weighted by molar-refractivity contribution is 6.88. The Balaban J connectivity index is 2.56. The molecule has 3 N–H and O–H groups in total. The zero-order valence-corrected chi connectivity index (χ0v) is 10.3. The fraction of sp³-hybridized carbons (Fsp3) is 0.273. The number of benzene rings is 1. The molecule has 1 aromatic carbocycles. The summed E-state index contributed by atoms with van der Waals surface area (Å²) in [6.07, 6.45) is 0. The Kier molecular flexibility index (Phi) is 2.04. The molecule has 0 bridgehead atoms. The summed E-state index contributed by atoms with van der Waals surface area (Å²) in [7, 11) is -1.32. The summed E-state index contributed by atoms with van der Waals surface area (Å²) < 4.78 is 0. The number of hydrogen-bond acceptors (Lipinski definition) is 2. The number of aliphatic imine (C=N–C) groups is 1. The van der Waals surface area contributed by atoms with Gasteiger partial charge in [-0.15, -0.1) is 0 Å². The number of hydrogen-bond donors (Lipinski definition) is 2. The van der Waals surface area contributed by atoms with E-state index in [1.165, 1.54) is 5.19 Å². The van der Waals surface area contributed by atoms with Crippen molar-refractivity contribution in [2.45, 2.75) is 19.6 Å². The molecule has 0 fully saturated rings. The molecule has 1 aliphatic rings. The topological polar surface area (TPSA) is 62.2 Å². The minimum Gasteiger partial charge on any atom is -0.383 e. The summed E-state index contributed by atoms with van der Waals surface area (Å²) in [5.74, 6) is 0.764. The molecule has 2 rings (SSSR count). The smallest absolute Gasteiger partial charge is 0.154 e. The van der Waals surface area contributed by atoms with Gasteiger partial charge in [0.15, 0.2) is 5.84 Å². The fourth-order valence-electron chi connectivity index (χ4n) is 1.67. The molecule has 4 heteroatoms. The van der Waals surface area contributed by atoms with E-state index >= 15 is 0 Å². The van der Waals surface area contributed by atoms with Crippen molar-refractivity contribution in [2.75, 3.05) is 0 Å². The summed E-state index contributed by atoms with van der Waals surface area (Å²) >= 11 is 0. The van der Waals surface area contributed by atoms with E-state index in [2.05, 4.69) is 36.8 Å². The Labute approximate surface area is 90.6 Å². The van der Waals surface area contributed by atoms with Gasteiger partial charge in [0.2, 0.25) is 0 Å². The largest absolute Gasteiger partial charge is 0.383 e. The van der Waals surface area contributed by atoms with Crippen molar-refractivity contribution in [1.82, 2.24) is 0 Å². The third-order valence-corrected chi connectivity index (χ3v) is 4.69. The summed E-state index contributed by atoms with van der Waals surface area (Å²) in [5, 5.41) is 9.05. The van der Waals surface area contributed by atoms with E-state index in [-0.39, 0.29) is 0 Å². The number of nitrogens with zero attached hydrogens (tertiary/aromatic N) is 1. The SMILES string of the molecule is C[Si](C)(C)c1ccc2c(c1)C(=N)N=C2N. The summed E-state index contributed by atoms with van der Waals surface area (Å²) in [6, 6.07) is 6.18. The van der Waals surface area contributed by atoms with Crippen LogP contribution in [0.1, 0.15) is 11.1 Å². The lowest BCUT2D eigenvalue weighted by atomic mass is 10.1. The van der Waals surface area contributed by atoms with Gasteiger partial charge in [0.25, 0.3) is 0 Å². The van der Waals surface area contributed by atoms with Crippen LogP contribution < -0.4 is 10.9 Å². The fourth-order valence-corrected chi connectivity index (χ4v) is 2.83. The second-order valence-electron chi connectivity index (χ2n) is 4.86. The van der Waals surface area contributed by atoms with Crippen LogP contribution in [0.25, 0.3) is 0 Å². The first-order valence-electron chi connectivity index (χ1n) is 4.97. The highest BCUT2D eigenvalue weighted by Gasteiger charge is 2.22. The van der Waals surface area contributed by atoms with Crippen LogP contribution in [0.15, 0.2) is 23.2 Å². The van der Waals surface area contributed by atoms with Gasteiger partial charge in [0.1, 0.15) is 5.84 Å². The van der Waals surface area contributed by atoms with Crippen molar-refractivity contribution >= 4 is 24.9 Å². The molecule has 0 radical (unpaired) electrons. The maximum Gasteiger partial charge on any atom is 0.154 e. The first-order chi connectivity index (χ1) is 6.89. The van der Waals surface area contributed by atoms with Crippen molar-refractivity contribution in [3.63, 3.8) is 0 Å². The number of fused-ring (bicyclic) bond motifs is 1. The van der Waals surface area contributed by atoms with Crippen molar-refractivity contribution in [2.24, 2.45) is 10.7 Å². The Hall–Kier alpha value is -1.42. The molecule has 3 nitrogen and oxygen atoms in total. The van der Waals surface area contributed by atoms with E-state index < -0.39 is 8.07 Å². The van der Waals surface area contributed by atoms with Crippen LogP contribution in [-0.4, -0.2) is 19.7 Å². The van der Waals surface area contributed by atoms with Crippen LogP contribution in [0.2, 0.25) is 19.6 Å². The van der Waals surface area contributed by atoms with Crippen LogP contribution in [0, 0.1) is 5.41 Å². The Morgan fingerprint density at radius 3 is 2.47 bits per heavy atom. The third kappa shape index (κ3) is 1.61. The minimum absolute atomic E-state index is 0.294. The molecule has 1 heterocycles. The molecule has 0 saturated heterocycles. The van der Waals surface area contributed by atoms with Crippen LogP contribution >= 0.6 is 0 Å². The predicted molar refractivity (Wildman–Crippen MR) is 67.0 cm³/mol. The lowest BCUT2D eigenvalue weighted by Crippen LogP contribution is -2.38. The quantitative estimate of drug-likeness (QED) is 0.684. The maximum atomic E-state index is 7.71. The minimum atomic E-state index is -1.32. The van der Waals surface area contributed by atoms with Crippen LogP contribution in [0.5, 0.6) is 0 Å². The zero-order chi connectivity index (χ0) is 11.2. The normalized spacial score (nSPS) is 15.1. The van der Waals surface area contributed by atoms with E-state index in [9.17, 15) is 0 Å². The molecular formula is C11H15N3Si. The van der Waals surface area contributed by atoms with Gasteiger partial charge < -0.3 is 5.73 Å². The molecule has 1 aromatic rings. The lowest BCUT2D eigenvalue weighted by molar-refractivity contribution is 1.45. The van der Waals surface area contributed by atoms with Crippen molar-refractivity contribution in [1.29, 1.82) is 5.41 Å². The van der Waals surface area contributed by atoms with E-state index in [0.717, 1.165) is 11.1 Å². The molecule has 78 valence electrons. The highest BCUT2D eigenvalue weighted by Crippen LogP contribution is 2.17. The number of nitrogens with one attached hydrogen (secondary N) is 1. The summed E-state index contributed by atoms with van der Waals surface area (Å²) in [5.41, 5.74) is 7.50. The number of amidine groups is 2. The second-order valence-corrected chi connectivity index (χ2v) is 9.93. The van der Waals surface area contributed by atoms with Crippen LogP contribution in [0.4, 0.5) is 0 Å². The van der Waals surface area contributed by atoms with Gasteiger partial charge in [-0.1, -0.05) is 43.0 Å². The summed E-state index contributed by atoms with van der Waals surface area (Å²) in [6.45, 7) is 6.87. The van der Waals surface area contributed by atoms with Gasteiger partial charge in [0.05, 0.1) is 8.07 Å². The maximum absolute atomic E-state index is 7.71. The molecule has 1 aliphatic heterocycles. The predicted octanol–water partition coefficient (Wildman–Crippen LogP) is 1.28. The highest BCUT2D eigenvalue weighted by atomic mass is 28.3. The van der Waals surface area contributed by atoms with Crippen LogP contribution in [-0.2, 0) is 0 Å². The molecule has 15 heavy (non-hydrogen) atoms. The van der Waals surface area contributed by atoms with Crippen molar-refractivity contribution < 1.29 is 0 Å². The average Bonchev–Trinajstić information content (AvgIpc) is 2.41. The molecular weight excluding hydrogens is 202 g/mol. The molecule has 0 amide bonds. The lowest BCUT2D eigenvalue weighted by Gasteiger charge is -2.17. The standard InChI is InChI=1S/C11H15N3Si/c1-15(2,3)7-4-5-8-9(6-7)11(13)14-10(8)12/h4-6H,1-3H3,(H3,12,13,14). The summed E-state index contributed by atoms with van der Waals surface area (Å²) in [4.78, 5) is 3.97. The average molecular weight is 217 g/mol. The van der Waals surface area contributed by atoms with Gasteiger partial charge in [-0.25, -0.2) is 4.99 Å².